The van der Waals surface area contributed by atoms with Crippen molar-refractivity contribution in [2.75, 3.05) is 6.61 Å². The van der Waals surface area contributed by atoms with Crippen LogP contribution in [0.25, 0.3) is 10.4 Å². The van der Waals surface area contributed by atoms with Gasteiger partial charge in [0.25, 0.3) is 0 Å². The van der Waals surface area contributed by atoms with Crippen LogP contribution in [0.5, 0.6) is 0 Å². The van der Waals surface area contributed by atoms with Gasteiger partial charge in [-0.1, -0.05) is 5.11 Å². The Labute approximate surface area is 110 Å². The van der Waals surface area contributed by atoms with E-state index in [2.05, 4.69) is 15.3 Å². The highest BCUT2D eigenvalue weighted by molar-refractivity contribution is 5.89. The van der Waals surface area contributed by atoms with Crippen LogP contribution >= 0.6 is 0 Å². The zero-order valence-corrected chi connectivity index (χ0v) is 10.7. The number of esters is 1. The van der Waals surface area contributed by atoms with Gasteiger partial charge in [0.2, 0.25) is 5.91 Å². The molecule has 3 atom stereocenters. The van der Waals surface area contributed by atoms with E-state index < -0.39 is 24.2 Å². The summed E-state index contributed by atoms with van der Waals surface area (Å²) in [5, 5.41) is 15.9. The third kappa shape index (κ3) is 3.97. The molecule has 0 aromatic heterocycles. The summed E-state index contributed by atoms with van der Waals surface area (Å²) < 4.78 is 4.83. The normalized spacial score (nSPS) is 25.8. The van der Waals surface area contributed by atoms with Crippen LogP contribution in [0.1, 0.15) is 20.3 Å². The van der Waals surface area contributed by atoms with Crippen LogP contribution in [0.2, 0.25) is 0 Å². The molecular weight excluding hydrogens is 252 g/mol. The highest BCUT2D eigenvalue weighted by atomic mass is 16.5. The largest absolute Gasteiger partial charge is 0.463 e. The van der Waals surface area contributed by atoms with Crippen LogP contribution in [0.3, 0.4) is 0 Å². The van der Waals surface area contributed by atoms with Crippen LogP contribution < -0.4 is 5.32 Å². The van der Waals surface area contributed by atoms with Crippen LogP contribution in [0, 0.1) is 0 Å². The summed E-state index contributed by atoms with van der Waals surface area (Å²) in [6, 6.07) is -1.47. The van der Waals surface area contributed by atoms with E-state index in [1.165, 1.54) is 13.0 Å². The average molecular weight is 268 g/mol. The first kappa shape index (κ1) is 15.0. The van der Waals surface area contributed by atoms with Crippen molar-refractivity contribution in [2.45, 2.75) is 38.5 Å². The monoisotopic (exact) mass is 268 g/mol. The van der Waals surface area contributed by atoms with Crippen molar-refractivity contribution in [3.8, 4) is 0 Å². The first-order valence-electron chi connectivity index (χ1n) is 5.86. The summed E-state index contributed by atoms with van der Waals surface area (Å²) in [5.74, 6) is -0.906. The molecule has 0 aliphatic heterocycles. The summed E-state index contributed by atoms with van der Waals surface area (Å²) >= 11 is 0. The molecule has 1 aliphatic carbocycles. The molecule has 1 amide bonds. The number of aliphatic hydroxyl groups is 1. The van der Waals surface area contributed by atoms with Gasteiger partial charge in [0.15, 0.2) is 0 Å². The first-order valence-corrected chi connectivity index (χ1v) is 5.86. The number of azide groups is 1. The molecule has 0 bridgehead atoms. The summed E-state index contributed by atoms with van der Waals surface area (Å²) in [4.78, 5) is 25.3. The lowest BCUT2D eigenvalue weighted by Crippen LogP contribution is -2.51. The quantitative estimate of drug-likeness (QED) is 0.332. The molecule has 2 N–H and O–H groups in total. The minimum atomic E-state index is -1.10. The molecule has 19 heavy (non-hydrogen) atoms. The molecule has 0 radical (unpaired) electrons. The lowest BCUT2D eigenvalue weighted by atomic mass is 9.88. The molecule has 1 aliphatic rings. The van der Waals surface area contributed by atoms with Gasteiger partial charge in [0, 0.05) is 17.4 Å². The maximum Gasteiger partial charge on any atom is 0.333 e. The van der Waals surface area contributed by atoms with E-state index in [4.69, 9.17) is 10.3 Å². The number of carbonyl (C=O) groups excluding carboxylic acids is 2. The van der Waals surface area contributed by atoms with Crippen molar-refractivity contribution in [3.63, 3.8) is 0 Å². The molecule has 0 heterocycles. The predicted molar refractivity (Wildman–Crippen MR) is 65.9 cm³/mol. The van der Waals surface area contributed by atoms with Crippen molar-refractivity contribution in [3.05, 3.63) is 22.1 Å². The molecule has 0 fully saturated rings. The Kier molecular flexibility index (Phi) is 5.35. The van der Waals surface area contributed by atoms with E-state index in [-0.39, 0.29) is 24.5 Å². The second kappa shape index (κ2) is 6.77. The van der Waals surface area contributed by atoms with Crippen molar-refractivity contribution in [1.29, 1.82) is 0 Å². The summed E-state index contributed by atoms with van der Waals surface area (Å²) in [5.41, 5.74) is 8.76. The predicted octanol–water partition coefficient (Wildman–Crippen LogP) is 0.424. The van der Waals surface area contributed by atoms with Crippen molar-refractivity contribution in [2.24, 2.45) is 5.11 Å². The molecule has 0 saturated carbocycles. The maximum atomic E-state index is 11.6. The maximum absolute atomic E-state index is 11.6. The van der Waals surface area contributed by atoms with Crippen molar-refractivity contribution >= 4 is 11.9 Å². The fourth-order valence-corrected chi connectivity index (χ4v) is 1.93. The van der Waals surface area contributed by atoms with Gasteiger partial charge in [-0.25, -0.2) is 4.79 Å². The lowest BCUT2D eigenvalue weighted by molar-refractivity contribution is -0.139. The average Bonchev–Trinajstić information content (AvgIpc) is 2.33. The Morgan fingerprint density at radius 2 is 2.37 bits per heavy atom. The Hall–Kier alpha value is -2.05. The van der Waals surface area contributed by atoms with Gasteiger partial charge in [0.05, 0.1) is 24.8 Å². The molecule has 0 aromatic rings. The summed E-state index contributed by atoms with van der Waals surface area (Å²) in [6.07, 6.45) is 0.333. The molecule has 8 heteroatoms. The molecule has 0 saturated heterocycles. The SMILES string of the molecule is CCOC(=O)C1=C[C@@H](O)[C@H](NC(C)=O)[C@@H](N=[N+]=[N-])C1. The fraction of sp³-hybridized carbons (Fsp3) is 0.636. The van der Waals surface area contributed by atoms with Crippen LogP contribution in [0.4, 0.5) is 0 Å². The molecule has 0 spiro atoms. The van der Waals surface area contributed by atoms with Crippen LogP contribution in [0.15, 0.2) is 16.8 Å². The third-order valence-corrected chi connectivity index (χ3v) is 2.69. The summed E-state index contributed by atoms with van der Waals surface area (Å²) in [6.45, 7) is 3.18. The van der Waals surface area contributed by atoms with Gasteiger partial charge < -0.3 is 15.2 Å². The van der Waals surface area contributed by atoms with E-state index >= 15 is 0 Å². The van der Waals surface area contributed by atoms with Crippen LogP contribution in [-0.4, -0.2) is 41.8 Å². The minimum absolute atomic E-state index is 0.116. The van der Waals surface area contributed by atoms with E-state index in [9.17, 15) is 14.7 Å². The van der Waals surface area contributed by atoms with Gasteiger partial charge in [-0.05, 0) is 25.0 Å². The molecule has 0 aromatic carbocycles. The van der Waals surface area contributed by atoms with E-state index in [1.807, 2.05) is 0 Å². The Bertz CT molecular complexity index is 442. The highest BCUT2D eigenvalue weighted by Gasteiger charge is 2.34. The van der Waals surface area contributed by atoms with Gasteiger partial charge in [-0.3, -0.25) is 4.79 Å². The number of aliphatic hydroxyl groups excluding tert-OH is 1. The van der Waals surface area contributed by atoms with Gasteiger partial charge in [0.1, 0.15) is 0 Å². The first-order chi connectivity index (χ1) is 8.99. The smallest absolute Gasteiger partial charge is 0.333 e. The van der Waals surface area contributed by atoms with Crippen molar-refractivity contribution < 1.29 is 19.4 Å². The third-order valence-electron chi connectivity index (χ3n) is 2.69. The second-order valence-electron chi connectivity index (χ2n) is 4.11. The standard InChI is InChI=1S/C11H16N4O4/c1-3-19-11(18)7-4-8(14-15-12)10(9(17)5-7)13-6(2)16/h5,8-10,17H,3-4H2,1-2H3,(H,13,16)/t8-,9+,10+/m0/s1. The topological polar surface area (TPSA) is 124 Å². The zero-order valence-electron chi connectivity index (χ0n) is 10.7. The summed E-state index contributed by atoms with van der Waals surface area (Å²) in [7, 11) is 0. The van der Waals surface area contributed by atoms with Crippen molar-refractivity contribution in [1.82, 2.24) is 5.32 Å². The minimum Gasteiger partial charge on any atom is -0.463 e. The second-order valence-corrected chi connectivity index (χ2v) is 4.11. The Balaban J connectivity index is 2.95. The lowest BCUT2D eigenvalue weighted by Gasteiger charge is -2.31. The molecule has 8 nitrogen and oxygen atoms in total. The highest BCUT2D eigenvalue weighted by Crippen LogP contribution is 2.23. The zero-order chi connectivity index (χ0) is 14.4. The molecular formula is C11H16N4O4. The van der Waals surface area contributed by atoms with Gasteiger partial charge in [-0.2, -0.15) is 0 Å². The number of nitrogens with zero attached hydrogens (tertiary/aromatic N) is 3. The van der Waals surface area contributed by atoms with E-state index in [0.29, 0.717) is 0 Å². The molecule has 1 rings (SSSR count). The fourth-order valence-electron chi connectivity index (χ4n) is 1.93. The number of ether oxygens (including phenoxy) is 1. The number of hydrogen-bond acceptors (Lipinski definition) is 5. The van der Waals surface area contributed by atoms with E-state index in [0.717, 1.165) is 0 Å². The Morgan fingerprint density at radius 1 is 1.68 bits per heavy atom. The van der Waals surface area contributed by atoms with Gasteiger partial charge in [-0.15, -0.1) is 0 Å². The van der Waals surface area contributed by atoms with E-state index in [1.54, 1.807) is 6.92 Å². The number of rotatable bonds is 4. The molecule has 0 unspecified atom stereocenters. The van der Waals surface area contributed by atoms with Crippen LogP contribution in [-0.2, 0) is 14.3 Å². The number of nitrogens with one attached hydrogen (secondary N) is 1. The number of carbonyl (C=O) groups is 2. The molecule has 104 valence electrons. The number of amides is 1. The Morgan fingerprint density at radius 3 is 2.89 bits per heavy atom. The van der Waals surface area contributed by atoms with Gasteiger partial charge >= 0.3 is 5.97 Å². The number of hydrogen-bond donors (Lipinski definition) is 2.